The maximum atomic E-state index is 13.8. The van der Waals surface area contributed by atoms with Crippen LogP contribution in [0.5, 0.6) is 0 Å². The molecule has 2 aromatic carbocycles. The Kier molecular flexibility index (Phi) is 11.2. The number of nitrogens with zero attached hydrogens (tertiary/aromatic N) is 2. The molecule has 0 amide bonds. The number of hydrogen-bond acceptors (Lipinski definition) is 6. The van der Waals surface area contributed by atoms with E-state index in [1.807, 2.05) is 0 Å². The van der Waals surface area contributed by atoms with E-state index in [9.17, 15) is 35.9 Å². The molecule has 2 aromatic rings. The van der Waals surface area contributed by atoms with Crippen LogP contribution < -0.4 is 10.9 Å². The molecule has 246 valence electrons. The van der Waals surface area contributed by atoms with Crippen molar-refractivity contribution in [3.63, 3.8) is 0 Å². The number of ketones is 2. The van der Waals surface area contributed by atoms with E-state index in [1.165, 1.54) is 73.1 Å². The molecule has 0 aromatic heterocycles. The van der Waals surface area contributed by atoms with Gasteiger partial charge in [0.15, 0.2) is 11.1 Å². The lowest BCUT2D eigenvalue weighted by atomic mass is 9.87. The van der Waals surface area contributed by atoms with Crippen LogP contribution in [0.3, 0.4) is 0 Å². The van der Waals surface area contributed by atoms with E-state index < -0.39 is 23.4 Å². The molecule has 0 fully saturated rings. The molecule has 2 aliphatic rings. The molecule has 12 heteroatoms. The largest absolute Gasteiger partial charge is 0.420 e. The molecule has 0 saturated heterocycles. The fourth-order valence-electron chi connectivity index (χ4n) is 5.53. The number of rotatable bonds is 15. The monoisotopic (exact) mass is 646 g/mol. The van der Waals surface area contributed by atoms with Crippen LogP contribution in [0.1, 0.15) is 73.6 Å². The average molecular weight is 647 g/mol. The van der Waals surface area contributed by atoms with E-state index in [2.05, 4.69) is 21.1 Å². The molecule has 0 spiro atoms. The van der Waals surface area contributed by atoms with Gasteiger partial charge >= 0.3 is 12.4 Å². The summed E-state index contributed by atoms with van der Waals surface area (Å²) in [6, 6.07) is 11.6. The fraction of sp³-hybridized carbons (Fsp3) is 0.412. The van der Waals surface area contributed by atoms with Gasteiger partial charge in [-0.05, 0) is 59.4 Å². The maximum absolute atomic E-state index is 13.8. The number of benzene rings is 2. The summed E-state index contributed by atoms with van der Waals surface area (Å²) in [5.41, 5.74) is 0.803. The Morgan fingerprint density at radius 1 is 0.565 bits per heavy atom. The zero-order valence-corrected chi connectivity index (χ0v) is 25.1. The Hall–Kier alpha value is -4.22. The van der Waals surface area contributed by atoms with Crippen LogP contribution in [0.2, 0.25) is 0 Å². The van der Waals surface area contributed by atoms with Crippen molar-refractivity contribution in [1.82, 2.24) is 10.9 Å². The third kappa shape index (κ3) is 8.32. The third-order valence-electron chi connectivity index (χ3n) is 8.17. The number of unbranched alkanes of at least 4 members (excludes halogenated alkanes) is 5. The highest BCUT2D eigenvalue weighted by molar-refractivity contribution is 5.81. The molecular formula is C34H36F6N4O2. The number of halogens is 6. The smallest absolute Gasteiger partial charge is 0.299 e. The van der Waals surface area contributed by atoms with Crippen molar-refractivity contribution in [2.24, 2.45) is 10.2 Å². The van der Waals surface area contributed by atoms with Gasteiger partial charge in [0, 0.05) is 38.1 Å². The normalized spacial score (nSPS) is 20.7. The first-order valence-corrected chi connectivity index (χ1v) is 15.2. The van der Waals surface area contributed by atoms with Crippen LogP contribution in [0.15, 0.2) is 83.0 Å². The number of hydrazone groups is 2. The third-order valence-corrected chi connectivity index (χ3v) is 8.17. The van der Waals surface area contributed by atoms with Crippen molar-refractivity contribution in [1.29, 1.82) is 0 Å². The number of carbonyl (C=O) groups excluding carboxylic acids is 2. The van der Waals surface area contributed by atoms with E-state index in [0.717, 1.165) is 37.8 Å². The van der Waals surface area contributed by atoms with Crippen LogP contribution in [0.25, 0.3) is 0 Å². The highest BCUT2D eigenvalue weighted by atomic mass is 19.4. The minimum atomic E-state index is -4.60. The Morgan fingerprint density at radius 2 is 0.913 bits per heavy atom. The van der Waals surface area contributed by atoms with Crippen LogP contribution in [0, 0.1) is 0 Å². The molecule has 0 bridgehead atoms. The summed E-state index contributed by atoms with van der Waals surface area (Å²) in [5.74, 6) is 0.0384. The zero-order valence-electron chi connectivity index (χ0n) is 25.1. The lowest BCUT2D eigenvalue weighted by Gasteiger charge is -2.34. The van der Waals surface area contributed by atoms with Gasteiger partial charge in [0.25, 0.3) is 0 Å². The lowest BCUT2D eigenvalue weighted by molar-refractivity contribution is -0.186. The van der Waals surface area contributed by atoms with Gasteiger partial charge in [0.1, 0.15) is 11.6 Å². The van der Waals surface area contributed by atoms with Crippen molar-refractivity contribution < 1.29 is 35.9 Å². The van der Waals surface area contributed by atoms with E-state index >= 15 is 0 Å². The molecule has 0 saturated carbocycles. The van der Waals surface area contributed by atoms with Gasteiger partial charge in [-0.15, -0.1) is 0 Å². The lowest BCUT2D eigenvalue weighted by Crippen LogP contribution is -2.51. The molecule has 6 nitrogen and oxygen atoms in total. The summed E-state index contributed by atoms with van der Waals surface area (Å²) in [6.07, 6.45) is 3.83. The van der Waals surface area contributed by atoms with Crippen molar-refractivity contribution in [2.45, 2.75) is 87.6 Å². The molecule has 0 aliphatic carbocycles. The molecule has 4 rings (SSSR count). The zero-order chi connectivity index (χ0) is 33.3. The van der Waals surface area contributed by atoms with Crippen molar-refractivity contribution in [3.05, 3.63) is 95.1 Å². The standard InChI is InChI=1S/C34H36F6N4O2/c35-33(36,37)31(19-7-21-41-43-31)27-15-11-25(12-16-27)23-29(45)9-5-3-1-2-4-6-10-30(46)24-26-13-17-28(18-14-26)32(34(38,39)40)20-8-22-42-44-32/h7-8,11-22,43-44H,1-6,9-10,23-24H2. The molecule has 0 radical (unpaired) electrons. The summed E-state index contributed by atoms with van der Waals surface area (Å²) in [4.78, 5) is 24.8. The second kappa shape index (κ2) is 14.9. The number of alkyl halides is 6. The first-order valence-electron chi connectivity index (χ1n) is 15.2. The van der Waals surface area contributed by atoms with Crippen LogP contribution in [0.4, 0.5) is 26.3 Å². The molecule has 46 heavy (non-hydrogen) atoms. The number of carbonyl (C=O) groups is 2. The van der Waals surface area contributed by atoms with E-state index in [-0.39, 0.29) is 35.5 Å². The predicted octanol–water partition coefficient (Wildman–Crippen LogP) is 7.54. The molecular weight excluding hydrogens is 610 g/mol. The first kappa shape index (κ1) is 34.6. The minimum absolute atomic E-state index is 0.0107. The summed E-state index contributed by atoms with van der Waals surface area (Å²) in [6.45, 7) is 0. The summed E-state index contributed by atoms with van der Waals surface area (Å²) >= 11 is 0. The summed E-state index contributed by atoms with van der Waals surface area (Å²) in [5, 5.41) is 7.14. The van der Waals surface area contributed by atoms with Crippen LogP contribution >= 0.6 is 0 Å². The quantitative estimate of drug-likeness (QED) is 0.155. The van der Waals surface area contributed by atoms with Gasteiger partial charge in [-0.3, -0.25) is 20.4 Å². The molecule has 2 atom stereocenters. The maximum Gasteiger partial charge on any atom is 0.420 e. The highest BCUT2D eigenvalue weighted by Crippen LogP contribution is 2.42. The van der Waals surface area contributed by atoms with Gasteiger partial charge in [0.05, 0.1) is 0 Å². The number of allylic oxidation sites excluding steroid dienone is 2. The Balaban J connectivity index is 1.10. The fourth-order valence-corrected chi connectivity index (χ4v) is 5.53. The second-order valence-electron chi connectivity index (χ2n) is 11.6. The highest BCUT2D eigenvalue weighted by Gasteiger charge is 2.56. The summed E-state index contributed by atoms with van der Waals surface area (Å²) < 4.78 is 82.7. The van der Waals surface area contributed by atoms with Gasteiger partial charge in [-0.2, -0.15) is 36.5 Å². The Labute approximate surface area is 263 Å². The minimum Gasteiger partial charge on any atom is -0.299 e. The van der Waals surface area contributed by atoms with Gasteiger partial charge in [-0.25, -0.2) is 0 Å². The molecule has 2 heterocycles. The number of hydrogen-bond donors (Lipinski definition) is 2. The Morgan fingerprint density at radius 3 is 1.22 bits per heavy atom. The SMILES string of the molecule is O=C(CCCCCCCCC(=O)Cc1ccc(C2(C(F)(F)F)C=CC=NN2)cc1)Cc1ccc(C2(C(F)(F)F)C=CC=NN2)cc1. The van der Waals surface area contributed by atoms with E-state index in [0.29, 0.717) is 36.8 Å². The van der Waals surface area contributed by atoms with Crippen molar-refractivity contribution in [3.8, 4) is 0 Å². The van der Waals surface area contributed by atoms with Crippen LogP contribution in [-0.4, -0.2) is 36.3 Å². The first-order chi connectivity index (χ1) is 21.9. The molecule has 2 aliphatic heterocycles. The topological polar surface area (TPSA) is 82.9 Å². The van der Waals surface area contributed by atoms with Gasteiger partial charge in [0.2, 0.25) is 0 Å². The second-order valence-corrected chi connectivity index (χ2v) is 11.6. The number of Topliss-reactive ketones (excluding diaryl/α,β-unsaturated/α-hetero) is 2. The molecule has 2 N–H and O–H groups in total. The number of nitrogens with one attached hydrogen (secondary N) is 2. The predicted molar refractivity (Wildman–Crippen MR) is 164 cm³/mol. The summed E-state index contributed by atoms with van der Waals surface area (Å²) in [7, 11) is 0. The van der Waals surface area contributed by atoms with Gasteiger partial charge < -0.3 is 0 Å². The van der Waals surface area contributed by atoms with Crippen molar-refractivity contribution >= 4 is 24.0 Å². The van der Waals surface area contributed by atoms with Gasteiger partial charge in [-0.1, -0.05) is 74.2 Å². The Bertz CT molecular complexity index is 1350. The van der Waals surface area contributed by atoms with Crippen molar-refractivity contribution in [2.75, 3.05) is 0 Å². The van der Waals surface area contributed by atoms with E-state index in [4.69, 9.17) is 0 Å². The van der Waals surface area contributed by atoms with Crippen LogP contribution in [-0.2, 0) is 33.5 Å². The molecule has 2 unspecified atom stereocenters. The average Bonchev–Trinajstić information content (AvgIpc) is 3.02. The van der Waals surface area contributed by atoms with E-state index in [1.54, 1.807) is 0 Å².